The van der Waals surface area contributed by atoms with Crippen molar-refractivity contribution in [2.45, 2.75) is 26.7 Å². The van der Waals surface area contributed by atoms with Crippen LogP contribution in [0, 0.1) is 0 Å². The van der Waals surface area contributed by atoms with E-state index in [1.54, 1.807) is 13.8 Å². The Labute approximate surface area is 67.9 Å². The molecule has 5 heteroatoms. The van der Waals surface area contributed by atoms with Gasteiger partial charge < -0.3 is 0 Å². The van der Waals surface area contributed by atoms with Gasteiger partial charge in [0.25, 0.3) is 11.4 Å². The molecule has 0 saturated carbocycles. The molecule has 0 aromatic rings. The normalized spacial score (nSPS) is 14.0. The molecule has 70 valence electrons. The first-order chi connectivity index (χ1) is 5.02. The minimum Gasteiger partial charge on any atom is -0.193 e. The second-order valence-corrected chi connectivity index (χ2v) is 3.59. The van der Waals surface area contributed by atoms with Gasteiger partial charge in [0.05, 0.1) is 0 Å². The Bertz CT molecular complexity index is 98.5. The van der Waals surface area contributed by atoms with Gasteiger partial charge >= 0.3 is 0 Å². The molecule has 0 amide bonds. The van der Waals surface area contributed by atoms with E-state index in [9.17, 15) is 11.7 Å². The van der Waals surface area contributed by atoms with Crippen LogP contribution in [-0.4, -0.2) is 17.4 Å². The predicted molar refractivity (Wildman–Crippen MR) is 43.1 cm³/mol. The van der Waals surface area contributed by atoms with Crippen molar-refractivity contribution in [3.8, 4) is 0 Å². The van der Waals surface area contributed by atoms with Gasteiger partial charge in [-0.15, -0.1) is 11.7 Å². The van der Waals surface area contributed by atoms with E-state index in [0.717, 1.165) is 0 Å². The number of hydrogen-bond acceptors (Lipinski definition) is 1. The van der Waals surface area contributed by atoms with Gasteiger partial charge in [-0.3, -0.25) is 0 Å². The van der Waals surface area contributed by atoms with Gasteiger partial charge in [0.15, 0.2) is 0 Å². The van der Waals surface area contributed by atoms with Crippen molar-refractivity contribution < 1.29 is 11.7 Å². The summed E-state index contributed by atoms with van der Waals surface area (Å²) < 4.78 is 36.9. The van der Waals surface area contributed by atoms with Crippen LogP contribution in [0.4, 0.5) is 11.7 Å². The Morgan fingerprint density at radius 2 is 1.36 bits per heavy atom. The number of rotatable bonds is 5. The molecule has 0 aliphatic carbocycles. The summed E-state index contributed by atoms with van der Waals surface area (Å²) in [6.45, 7) is 3.81. The summed E-state index contributed by atoms with van der Waals surface area (Å²) in [5.41, 5.74) is 0. The molecule has 0 fully saturated rings. The molecule has 0 N–H and O–H groups in total. The predicted octanol–water partition coefficient (Wildman–Crippen LogP) is 3.48. The van der Waals surface area contributed by atoms with E-state index in [1.165, 1.54) is 0 Å². The van der Waals surface area contributed by atoms with Crippen LogP contribution >= 0.6 is 11.4 Å². The molecule has 0 unspecified atom stereocenters. The van der Waals surface area contributed by atoms with Crippen LogP contribution in [0.2, 0.25) is 0 Å². The average Bonchev–Trinajstić information content (AvgIpc) is 1.85. The third-order valence-electron chi connectivity index (χ3n) is 1.24. The number of halogens is 3. The lowest BCUT2D eigenvalue weighted by atomic mass is 10.4. The van der Waals surface area contributed by atoms with Crippen molar-refractivity contribution in [2.24, 2.45) is 0 Å². The third-order valence-corrected chi connectivity index (χ3v) is 2.19. The van der Waals surface area contributed by atoms with Crippen molar-refractivity contribution in [1.82, 2.24) is 4.31 Å². The lowest BCUT2D eigenvalue weighted by molar-refractivity contribution is 0.383. The van der Waals surface area contributed by atoms with Crippen molar-refractivity contribution in [3.63, 3.8) is 0 Å². The number of nitrogens with zero attached hydrogens (tertiary/aromatic N) is 1. The smallest absolute Gasteiger partial charge is 0.193 e. The third kappa shape index (κ3) is 4.53. The Morgan fingerprint density at radius 1 is 1.00 bits per heavy atom. The van der Waals surface area contributed by atoms with E-state index in [2.05, 4.69) is 0 Å². The SMILES string of the molecule is CCCN(CCC)S(F)(F)F. The van der Waals surface area contributed by atoms with Gasteiger partial charge in [-0.2, -0.15) is 4.31 Å². The maximum Gasteiger partial charge on any atom is 0.278 e. The maximum absolute atomic E-state index is 12.1. The van der Waals surface area contributed by atoms with Gasteiger partial charge in [-0.05, 0) is 12.8 Å². The molecule has 0 aromatic heterocycles. The van der Waals surface area contributed by atoms with Crippen LogP contribution in [-0.2, 0) is 0 Å². The van der Waals surface area contributed by atoms with Crippen molar-refractivity contribution in [1.29, 1.82) is 0 Å². The van der Waals surface area contributed by atoms with Crippen LogP contribution < -0.4 is 0 Å². The zero-order valence-corrected chi connectivity index (χ0v) is 7.63. The van der Waals surface area contributed by atoms with Crippen molar-refractivity contribution >= 4 is 11.4 Å². The molecule has 0 rings (SSSR count). The van der Waals surface area contributed by atoms with Gasteiger partial charge in [-0.1, -0.05) is 13.8 Å². The topological polar surface area (TPSA) is 3.24 Å². The molecule has 1 nitrogen and oxygen atoms in total. The van der Waals surface area contributed by atoms with Gasteiger partial charge in [0.2, 0.25) is 0 Å². The highest BCUT2D eigenvalue weighted by atomic mass is 32.3. The standard InChI is InChI=1S/C6H14F3NS/c1-3-5-10(6-4-2)11(7,8)9/h3-6H2,1-2H3. The van der Waals surface area contributed by atoms with Crippen LogP contribution in [0.1, 0.15) is 26.7 Å². The zero-order chi connectivity index (χ0) is 8.91. The van der Waals surface area contributed by atoms with E-state index < -0.39 is 11.4 Å². The summed E-state index contributed by atoms with van der Waals surface area (Å²) in [5, 5.41) is 0. The summed E-state index contributed by atoms with van der Waals surface area (Å²) in [5.74, 6) is 0. The van der Waals surface area contributed by atoms with E-state index in [4.69, 9.17) is 0 Å². The molecule has 11 heavy (non-hydrogen) atoms. The quantitative estimate of drug-likeness (QED) is 0.640. The molecular weight excluding hydrogens is 175 g/mol. The van der Waals surface area contributed by atoms with Crippen molar-refractivity contribution in [2.75, 3.05) is 13.1 Å². The first kappa shape index (κ1) is 11.1. The molecule has 0 radical (unpaired) electrons. The Hall–Kier alpha value is 0.100. The van der Waals surface area contributed by atoms with Crippen LogP contribution in [0.3, 0.4) is 0 Å². The summed E-state index contributed by atoms with van der Waals surface area (Å²) >= 11 is -4.96. The molecule has 0 bridgehead atoms. The fourth-order valence-electron chi connectivity index (χ4n) is 0.818. The minimum absolute atomic E-state index is 0.146. The summed E-state index contributed by atoms with van der Waals surface area (Å²) in [4.78, 5) is 0. The van der Waals surface area contributed by atoms with E-state index in [-0.39, 0.29) is 13.1 Å². The average molecular weight is 189 g/mol. The Kier molecular flexibility index (Phi) is 4.92. The first-order valence-electron chi connectivity index (χ1n) is 3.69. The zero-order valence-electron chi connectivity index (χ0n) is 6.82. The highest BCUT2D eigenvalue weighted by Crippen LogP contribution is 2.56. The molecular formula is C6H14F3NS. The lowest BCUT2D eigenvalue weighted by Crippen LogP contribution is -2.22. The highest BCUT2D eigenvalue weighted by Gasteiger charge is 2.29. The first-order valence-corrected chi connectivity index (χ1v) is 4.98. The Morgan fingerprint density at radius 3 is 1.55 bits per heavy atom. The second-order valence-electron chi connectivity index (χ2n) is 2.31. The molecule has 0 atom stereocenters. The van der Waals surface area contributed by atoms with Gasteiger partial charge in [0, 0.05) is 13.1 Å². The van der Waals surface area contributed by atoms with Crippen LogP contribution in [0.5, 0.6) is 0 Å². The van der Waals surface area contributed by atoms with E-state index >= 15 is 0 Å². The highest BCUT2D eigenvalue weighted by molar-refractivity contribution is 8.18. The van der Waals surface area contributed by atoms with Crippen LogP contribution in [0.25, 0.3) is 0 Å². The molecule has 0 heterocycles. The lowest BCUT2D eigenvalue weighted by Gasteiger charge is -2.25. The molecule has 0 aliphatic heterocycles. The van der Waals surface area contributed by atoms with Gasteiger partial charge in [0.1, 0.15) is 0 Å². The molecule has 0 aliphatic rings. The fraction of sp³-hybridized carbons (Fsp3) is 1.00. The minimum atomic E-state index is -4.96. The summed E-state index contributed by atoms with van der Waals surface area (Å²) in [6, 6.07) is 0. The Balaban J connectivity index is 3.88. The monoisotopic (exact) mass is 189 g/mol. The van der Waals surface area contributed by atoms with Crippen molar-refractivity contribution in [3.05, 3.63) is 0 Å². The fourth-order valence-corrected chi connectivity index (χ4v) is 1.60. The number of hydrogen-bond donors (Lipinski definition) is 0. The summed E-state index contributed by atoms with van der Waals surface area (Å²) in [6.07, 6.45) is 1.12. The van der Waals surface area contributed by atoms with E-state index in [1.807, 2.05) is 0 Å². The van der Waals surface area contributed by atoms with Gasteiger partial charge in [-0.25, -0.2) is 0 Å². The van der Waals surface area contributed by atoms with E-state index in [0.29, 0.717) is 17.1 Å². The molecule has 0 spiro atoms. The van der Waals surface area contributed by atoms with Crippen LogP contribution in [0.15, 0.2) is 0 Å². The molecule has 0 saturated heterocycles. The second kappa shape index (κ2) is 4.87. The molecule has 0 aromatic carbocycles. The largest absolute Gasteiger partial charge is 0.278 e. The summed E-state index contributed by atoms with van der Waals surface area (Å²) in [7, 11) is 0. The maximum atomic E-state index is 12.1.